The van der Waals surface area contributed by atoms with Crippen LogP contribution in [0.5, 0.6) is 0 Å². The summed E-state index contributed by atoms with van der Waals surface area (Å²) in [7, 11) is 0. The van der Waals surface area contributed by atoms with E-state index in [-0.39, 0.29) is 5.82 Å². The summed E-state index contributed by atoms with van der Waals surface area (Å²) in [6, 6.07) is 16.7. The fraction of sp³-hybridized carbons (Fsp3) is 0.118. The fourth-order valence-electron chi connectivity index (χ4n) is 2.12. The molecule has 0 aliphatic carbocycles. The standard InChI is InChI=1S/C17H16FN3/c18-16-6-2-14(3-7-16)12-19-17-8-4-15(5-9-17)13-21-11-1-10-20-21/h1-11,19H,12-13H2. The van der Waals surface area contributed by atoms with Crippen LogP contribution >= 0.6 is 0 Å². The molecular weight excluding hydrogens is 265 g/mol. The van der Waals surface area contributed by atoms with Crippen LogP contribution in [0.2, 0.25) is 0 Å². The summed E-state index contributed by atoms with van der Waals surface area (Å²) >= 11 is 0. The van der Waals surface area contributed by atoms with Gasteiger partial charge >= 0.3 is 0 Å². The topological polar surface area (TPSA) is 29.9 Å². The van der Waals surface area contributed by atoms with Crippen molar-refractivity contribution >= 4 is 5.69 Å². The molecule has 1 N–H and O–H groups in total. The molecule has 0 unspecified atom stereocenters. The first-order valence-corrected chi connectivity index (χ1v) is 6.84. The van der Waals surface area contributed by atoms with E-state index in [9.17, 15) is 4.39 Å². The first-order valence-electron chi connectivity index (χ1n) is 6.84. The fourth-order valence-corrected chi connectivity index (χ4v) is 2.12. The Morgan fingerprint density at radius 1 is 0.952 bits per heavy atom. The van der Waals surface area contributed by atoms with Crippen LogP contribution < -0.4 is 5.32 Å². The highest BCUT2D eigenvalue weighted by atomic mass is 19.1. The summed E-state index contributed by atoms with van der Waals surface area (Å²) < 4.78 is 14.7. The van der Waals surface area contributed by atoms with E-state index in [0.29, 0.717) is 6.54 Å². The van der Waals surface area contributed by atoms with Gasteiger partial charge in [0.25, 0.3) is 0 Å². The Balaban J connectivity index is 1.58. The molecule has 3 nitrogen and oxygen atoms in total. The van der Waals surface area contributed by atoms with E-state index in [1.54, 1.807) is 18.3 Å². The molecule has 0 aliphatic rings. The van der Waals surface area contributed by atoms with Gasteiger partial charge in [0.05, 0.1) is 6.54 Å². The Labute approximate surface area is 123 Å². The van der Waals surface area contributed by atoms with E-state index in [4.69, 9.17) is 0 Å². The quantitative estimate of drug-likeness (QED) is 0.773. The zero-order chi connectivity index (χ0) is 14.5. The molecule has 2 aromatic carbocycles. The van der Waals surface area contributed by atoms with Crippen molar-refractivity contribution in [3.63, 3.8) is 0 Å². The van der Waals surface area contributed by atoms with Gasteiger partial charge in [-0.15, -0.1) is 0 Å². The molecule has 106 valence electrons. The van der Waals surface area contributed by atoms with Crippen LogP contribution in [0.25, 0.3) is 0 Å². The van der Waals surface area contributed by atoms with Gasteiger partial charge in [-0.05, 0) is 41.5 Å². The van der Waals surface area contributed by atoms with E-state index in [1.165, 1.54) is 17.7 Å². The Hall–Kier alpha value is -2.62. The molecule has 3 rings (SSSR count). The Bertz CT molecular complexity index is 673. The average Bonchev–Trinajstić information content (AvgIpc) is 3.01. The maximum Gasteiger partial charge on any atom is 0.123 e. The minimum absolute atomic E-state index is 0.207. The SMILES string of the molecule is Fc1ccc(CNc2ccc(Cn3cccn3)cc2)cc1. The van der Waals surface area contributed by atoms with Gasteiger partial charge in [-0.25, -0.2) is 4.39 Å². The van der Waals surface area contributed by atoms with Crippen LogP contribution in [-0.4, -0.2) is 9.78 Å². The molecule has 0 saturated heterocycles. The van der Waals surface area contributed by atoms with Crippen LogP contribution in [0.4, 0.5) is 10.1 Å². The maximum absolute atomic E-state index is 12.8. The van der Waals surface area contributed by atoms with Crippen LogP contribution in [0.3, 0.4) is 0 Å². The molecule has 0 spiro atoms. The van der Waals surface area contributed by atoms with Crippen molar-refractivity contribution < 1.29 is 4.39 Å². The molecule has 21 heavy (non-hydrogen) atoms. The minimum atomic E-state index is -0.207. The normalized spacial score (nSPS) is 10.5. The maximum atomic E-state index is 12.8. The molecule has 4 heteroatoms. The van der Waals surface area contributed by atoms with Gasteiger partial charge < -0.3 is 5.32 Å². The Kier molecular flexibility index (Phi) is 3.96. The first-order chi connectivity index (χ1) is 10.3. The lowest BCUT2D eigenvalue weighted by atomic mass is 10.2. The van der Waals surface area contributed by atoms with Crippen molar-refractivity contribution in [2.75, 3.05) is 5.32 Å². The zero-order valence-electron chi connectivity index (χ0n) is 11.5. The molecule has 0 bridgehead atoms. The monoisotopic (exact) mass is 281 g/mol. The molecule has 0 atom stereocenters. The third-order valence-corrected chi connectivity index (χ3v) is 3.27. The van der Waals surface area contributed by atoms with E-state index in [2.05, 4.69) is 22.5 Å². The molecule has 0 aliphatic heterocycles. The highest BCUT2D eigenvalue weighted by molar-refractivity contribution is 5.45. The van der Waals surface area contributed by atoms with Crippen molar-refractivity contribution in [3.8, 4) is 0 Å². The van der Waals surface area contributed by atoms with Crippen molar-refractivity contribution in [1.82, 2.24) is 9.78 Å². The Morgan fingerprint density at radius 3 is 2.33 bits per heavy atom. The zero-order valence-corrected chi connectivity index (χ0v) is 11.5. The third kappa shape index (κ3) is 3.69. The minimum Gasteiger partial charge on any atom is -0.381 e. The second-order valence-electron chi connectivity index (χ2n) is 4.88. The highest BCUT2D eigenvalue weighted by Gasteiger charge is 1.98. The lowest BCUT2D eigenvalue weighted by molar-refractivity contribution is 0.627. The van der Waals surface area contributed by atoms with Crippen molar-refractivity contribution in [1.29, 1.82) is 0 Å². The highest BCUT2D eigenvalue weighted by Crippen LogP contribution is 2.12. The summed E-state index contributed by atoms with van der Waals surface area (Å²) in [5.41, 5.74) is 3.30. The number of nitrogens with zero attached hydrogens (tertiary/aromatic N) is 2. The Morgan fingerprint density at radius 2 is 1.67 bits per heavy atom. The average molecular weight is 281 g/mol. The second-order valence-corrected chi connectivity index (χ2v) is 4.88. The molecule has 3 aromatic rings. The molecular formula is C17H16FN3. The van der Waals surface area contributed by atoms with Crippen LogP contribution in [0, 0.1) is 5.82 Å². The number of hydrogen-bond donors (Lipinski definition) is 1. The molecule has 1 heterocycles. The summed E-state index contributed by atoms with van der Waals surface area (Å²) in [5.74, 6) is -0.207. The van der Waals surface area contributed by atoms with Gasteiger partial charge in [0.1, 0.15) is 5.82 Å². The molecule has 0 saturated carbocycles. The smallest absolute Gasteiger partial charge is 0.123 e. The summed E-state index contributed by atoms with van der Waals surface area (Å²) in [6.07, 6.45) is 3.72. The molecule has 0 radical (unpaired) electrons. The number of benzene rings is 2. The predicted octanol–water partition coefficient (Wildman–Crippen LogP) is 3.68. The summed E-state index contributed by atoms with van der Waals surface area (Å²) in [4.78, 5) is 0. The lowest BCUT2D eigenvalue weighted by Gasteiger charge is -2.08. The lowest BCUT2D eigenvalue weighted by Crippen LogP contribution is -2.01. The van der Waals surface area contributed by atoms with Gasteiger partial charge in [-0.1, -0.05) is 24.3 Å². The van der Waals surface area contributed by atoms with Crippen LogP contribution in [0.15, 0.2) is 67.0 Å². The van der Waals surface area contributed by atoms with Gasteiger partial charge in [0.2, 0.25) is 0 Å². The number of rotatable bonds is 5. The second kappa shape index (κ2) is 6.22. The van der Waals surface area contributed by atoms with E-state index in [1.807, 2.05) is 29.1 Å². The van der Waals surface area contributed by atoms with Gasteiger partial charge in [0.15, 0.2) is 0 Å². The van der Waals surface area contributed by atoms with E-state index < -0.39 is 0 Å². The first kappa shape index (κ1) is 13.4. The van der Waals surface area contributed by atoms with Crippen molar-refractivity contribution in [3.05, 3.63) is 83.9 Å². The number of hydrogen-bond acceptors (Lipinski definition) is 2. The van der Waals surface area contributed by atoms with E-state index >= 15 is 0 Å². The van der Waals surface area contributed by atoms with E-state index in [0.717, 1.165) is 17.8 Å². The van der Waals surface area contributed by atoms with Gasteiger partial charge in [-0.2, -0.15) is 5.10 Å². The molecule has 0 amide bonds. The van der Waals surface area contributed by atoms with Crippen LogP contribution in [-0.2, 0) is 13.1 Å². The molecule has 1 aromatic heterocycles. The van der Waals surface area contributed by atoms with Gasteiger partial charge in [0, 0.05) is 24.6 Å². The van der Waals surface area contributed by atoms with Crippen molar-refractivity contribution in [2.24, 2.45) is 0 Å². The number of halogens is 1. The van der Waals surface area contributed by atoms with Crippen LogP contribution in [0.1, 0.15) is 11.1 Å². The number of aromatic nitrogens is 2. The third-order valence-electron chi connectivity index (χ3n) is 3.27. The predicted molar refractivity (Wildman–Crippen MR) is 81.5 cm³/mol. The number of anilines is 1. The largest absolute Gasteiger partial charge is 0.381 e. The molecule has 0 fully saturated rings. The summed E-state index contributed by atoms with van der Waals surface area (Å²) in [5, 5.41) is 7.51. The summed E-state index contributed by atoms with van der Waals surface area (Å²) in [6.45, 7) is 1.45. The van der Waals surface area contributed by atoms with Crippen molar-refractivity contribution in [2.45, 2.75) is 13.1 Å². The van der Waals surface area contributed by atoms with Gasteiger partial charge in [-0.3, -0.25) is 4.68 Å². The number of nitrogens with one attached hydrogen (secondary N) is 1.